The van der Waals surface area contributed by atoms with Crippen molar-refractivity contribution in [3.63, 3.8) is 0 Å². The molecule has 1 saturated heterocycles. The minimum absolute atomic E-state index is 0.0856. The number of benzene rings is 1. The lowest BCUT2D eigenvalue weighted by Crippen LogP contribution is -2.31. The first-order valence-electron chi connectivity index (χ1n) is 6.48. The van der Waals surface area contributed by atoms with Crippen LogP contribution < -0.4 is 10.1 Å². The summed E-state index contributed by atoms with van der Waals surface area (Å²) in [5.74, 6) is -0.820. The molecule has 0 aromatic heterocycles. The van der Waals surface area contributed by atoms with E-state index in [2.05, 4.69) is 5.32 Å². The van der Waals surface area contributed by atoms with E-state index in [0.29, 0.717) is 11.3 Å². The Balaban J connectivity index is 2.08. The molecule has 0 saturated carbocycles. The fraction of sp³-hybridized carbons (Fsp3) is 0.357. The van der Waals surface area contributed by atoms with Crippen LogP contribution >= 0.6 is 0 Å². The summed E-state index contributed by atoms with van der Waals surface area (Å²) in [6.45, 7) is 0.0955. The SMILES string of the molecule is COc1ccccc1CN1C(=O)N[C@@H](CCC(=O)O)C1=O. The van der Waals surface area contributed by atoms with Crippen LogP contribution in [0.1, 0.15) is 18.4 Å². The number of carboxylic acid groups (broad SMARTS) is 1. The first kappa shape index (κ1) is 14.8. The predicted octanol–water partition coefficient (Wildman–Crippen LogP) is 0.980. The van der Waals surface area contributed by atoms with Gasteiger partial charge in [0.1, 0.15) is 11.8 Å². The van der Waals surface area contributed by atoms with Crippen LogP contribution in [0.5, 0.6) is 5.75 Å². The van der Waals surface area contributed by atoms with Crippen molar-refractivity contribution in [3.05, 3.63) is 29.8 Å². The zero-order valence-electron chi connectivity index (χ0n) is 11.5. The number of amides is 3. The molecule has 0 spiro atoms. The predicted molar refractivity (Wildman–Crippen MR) is 72.7 cm³/mol. The van der Waals surface area contributed by atoms with Crippen molar-refractivity contribution in [2.24, 2.45) is 0 Å². The van der Waals surface area contributed by atoms with Gasteiger partial charge in [0.05, 0.1) is 13.7 Å². The van der Waals surface area contributed by atoms with Crippen LogP contribution in [0, 0.1) is 0 Å². The Labute approximate surface area is 121 Å². The van der Waals surface area contributed by atoms with Gasteiger partial charge < -0.3 is 15.2 Å². The van der Waals surface area contributed by atoms with Crippen LogP contribution in [0.4, 0.5) is 4.79 Å². The summed E-state index contributed by atoms with van der Waals surface area (Å²) in [4.78, 5) is 35.6. The average Bonchev–Trinajstić information content (AvgIpc) is 2.73. The molecule has 3 amide bonds. The van der Waals surface area contributed by atoms with Crippen molar-refractivity contribution in [2.75, 3.05) is 7.11 Å². The van der Waals surface area contributed by atoms with E-state index in [0.717, 1.165) is 4.90 Å². The van der Waals surface area contributed by atoms with Gasteiger partial charge in [-0.15, -0.1) is 0 Å². The Morgan fingerprint density at radius 3 is 2.76 bits per heavy atom. The summed E-state index contributed by atoms with van der Waals surface area (Å²) < 4.78 is 5.18. The van der Waals surface area contributed by atoms with Crippen LogP contribution in [0.15, 0.2) is 24.3 Å². The van der Waals surface area contributed by atoms with E-state index in [1.54, 1.807) is 24.3 Å². The molecule has 0 radical (unpaired) electrons. The van der Waals surface area contributed by atoms with Crippen LogP contribution in [-0.4, -0.2) is 41.1 Å². The van der Waals surface area contributed by atoms with Crippen molar-refractivity contribution < 1.29 is 24.2 Å². The van der Waals surface area contributed by atoms with E-state index in [-0.39, 0.29) is 19.4 Å². The largest absolute Gasteiger partial charge is 0.496 e. The van der Waals surface area contributed by atoms with Gasteiger partial charge in [-0.3, -0.25) is 14.5 Å². The molecular weight excluding hydrogens is 276 g/mol. The third-order valence-electron chi connectivity index (χ3n) is 3.27. The number of methoxy groups -OCH3 is 1. The van der Waals surface area contributed by atoms with Crippen molar-refractivity contribution >= 4 is 17.9 Å². The molecule has 0 aliphatic carbocycles. The second kappa shape index (κ2) is 6.25. The van der Waals surface area contributed by atoms with Crippen molar-refractivity contribution in [3.8, 4) is 5.75 Å². The number of para-hydroxylation sites is 1. The average molecular weight is 292 g/mol. The maximum absolute atomic E-state index is 12.1. The van der Waals surface area contributed by atoms with E-state index in [4.69, 9.17) is 9.84 Å². The summed E-state index contributed by atoms with van der Waals surface area (Å²) in [6, 6.07) is 5.81. The molecule has 2 rings (SSSR count). The van der Waals surface area contributed by atoms with E-state index in [1.807, 2.05) is 0 Å². The summed E-state index contributed by atoms with van der Waals surface area (Å²) in [7, 11) is 1.51. The molecule has 1 aromatic rings. The number of rotatable bonds is 6. The van der Waals surface area contributed by atoms with Crippen molar-refractivity contribution in [1.29, 1.82) is 0 Å². The number of carboxylic acids is 1. The number of imide groups is 1. The molecule has 7 heteroatoms. The van der Waals surface area contributed by atoms with E-state index in [1.165, 1.54) is 7.11 Å². The van der Waals surface area contributed by atoms with Gasteiger partial charge in [0.2, 0.25) is 0 Å². The zero-order valence-corrected chi connectivity index (χ0v) is 11.5. The van der Waals surface area contributed by atoms with Crippen LogP contribution in [0.3, 0.4) is 0 Å². The van der Waals surface area contributed by atoms with E-state index >= 15 is 0 Å². The lowest BCUT2D eigenvalue weighted by Gasteiger charge is -2.15. The topological polar surface area (TPSA) is 95.9 Å². The highest BCUT2D eigenvalue weighted by Crippen LogP contribution is 2.22. The van der Waals surface area contributed by atoms with E-state index in [9.17, 15) is 14.4 Å². The zero-order chi connectivity index (χ0) is 15.4. The van der Waals surface area contributed by atoms with Gasteiger partial charge in [-0.1, -0.05) is 18.2 Å². The van der Waals surface area contributed by atoms with Gasteiger partial charge in [0.15, 0.2) is 0 Å². The van der Waals surface area contributed by atoms with Crippen molar-refractivity contribution in [2.45, 2.75) is 25.4 Å². The number of aliphatic carboxylic acids is 1. The minimum Gasteiger partial charge on any atom is -0.496 e. The fourth-order valence-electron chi connectivity index (χ4n) is 2.19. The van der Waals surface area contributed by atoms with Gasteiger partial charge in [-0.2, -0.15) is 0 Å². The molecule has 0 bridgehead atoms. The second-order valence-electron chi connectivity index (χ2n) is 4.67. The molecule has 1 fully saturated rings. The van der Waals surface area contributed by atoms with Crippen LogP contribution in [-0.2, 0) is 16.1 Å². The Bertz CT molecular complexity index is 572. The molecule has 1 aliphatic rings. The number of ether oxygens (including phenoxy) is 1. The number of urea groups is 1. The molecule has 7 nitrogen and oxygen atoms in total. The molecular formula is C14H16N2O5. The normalized spacial score (nSPS) is 17.8. The van der Waals surface area contributed by atoms with Crippen molar-refractivity contribution in [1.82, 2.24) is 10.2 Å². The first-order chi connectivity index (χ1) is 10.0. The maximum Gasteiger partial charge on any atom is 0.325 e. The Hall–Kier alpha value is -2.57. The number of hydrogen-bond donors (Lipinski definition) is 2. The third kappa shape index (κ3) is 3.31. The lowest BCUT2D eigenvalue weighted by atomic mass is 10.1. The number of nitrogens with zero attached hydrogens (tertiary/aromatic N) is 1. The molecule has 1 aliphatic heterocycles. The standard InChI is InChI=1S/C14H16N2O5/c1-21-11-5-3-2-4-9(11)8-16-13(19)10(15-14(16)20)6-7-12(17)18/h2-5,10H,6-8H2,1H3,(H,15,20)(H,17,18)/t10-/m0/s1. The smallest absolute Gasteiger partial charge is 0.325 e. The highest BCUT2D eigenvalue weighted by molar-refractivity contribution is 6.04. The molecule has 0 unspecified atom stereocenters. The van der Waals surface area contributed by atoms with Crippen LogP contribution in [0.25, 0.3) is 0 Å². The molecule has 112 valence electrons. The minimum atomic E-state index is -1.000. The third-order valence-corrected chi connectivity index (χ3v) is 3.27. The number of carbonyl (C=O) groups excluding carboxylic acids is 2. The second-order valence-corrected chi connectivity index (χ2v) is 4.67. The van der Waals surface area contributed by atoms with Gasteiger partial charge >= 0.3 is 12.0 Å². The van der Waals surface area contributed by atoms with Gasteiger partial charge in [-0.05, 0) is 12.5 Å². The van der Waals surface area contributed by atoms with Crippen LogP contribution in [0.2, 0.25) is 0 Å². The summed E-state index contributed by atoms with van der Waals surface area (Å²) in [5, 5.41) is 11.1. The summed E-state index contributed by atoms with van der Waals surface area (Å²) >= 11 is 0. The van der Waals surface area contributed by atoms with E-state index < -0.39 is 23.9 Å². The highest BCUT2D eigenvalue weighted by Gasteiger charge is 2.38. The lowest BCUT2D eigenvalue weighted by molar-refractivity contribution is -0.137. The summed E-state index contributed by atoms with van der Waals surface area (Å²) in [5.41, 5.74) is 0.711. The Morgan fingerprint density at radius 1 is 1.38 bits per heavy atom. The monoisotopic (exact) mass is 292 g/mol. The Morgan fingerprint density at radius 2 is 2.10 bits per heavy atom. The molecule has 21 heavy (non-hydrogen) atoms. The number of nitrogens with one attached hydrogen (secondary N) is 1. The van der Waals surface area contributed by atoms with Gasteiger partial charge in [-0.25, -0.2) is 4.79 Å². The van der Waals surface area contributed by atoms with Gasteiger partial charge in [0.25, 0.3) is 5.91 Å². The molecule has 1 atom stereocenters. The fourth-order valence-corrected chi connectivity index (χ4v) is 2.19. The number of carbonyl (C=O) groups is 3. The summed E-state index contributed by atoms with van der Waals surface area (Å²) in [6.07, 6.45) is -0.0818. The molecule has 1 heterocycles. The molecule has 2 N–H and O–H groups in total. The number of hydrogen-bond acceptors (Lipinski definition) is 4. The highest BCUT2D eigenvalue weighted by atomic mass is 16.5. The first-order valence-corrected chi connectivity index (χ1v) is 6.48. The quantitative estimate of drug-likeness (QED) is 0.762. The molecule has 1 aromatic carbocycles. The van der Waals surface area contributed by atoms with Gasteiger partial charge in [0, 0.05) is 12.0 Å². The maximum atomic E-state index is 12.1. The Kier molecular flexibility index (Phi) is 4.42.